The van der Waals surface area contributed by atoms with Crippen LogP contribution in [0.15, 0.2) is 30.3 Å². The van der Waals surface area contributed by atoms with Crippen molar-refractivity contribution in [3.63, 3.8) is 0 Å². The Kier molecular flexibility index (Phi) is 5.65. The van der Waals surface area contributed by atoms with Gasteiger partial charge in [-0.15, -0.1) is 0 Å². The molecule has 0 radical (unpaired) electrons. The highest BCUT2D eigenvalue weighted by Crippen LogP contribution is 2.11. The van der Waals surface area contributed by atoms with E-state index < -0.39 is 0 Å². The predicted octanol–water partition coefficient (Wildman–Crippen LogP) is 1.75. The molecule has 1 aromatic carbocycles. The second-order valence-electron chi connectivity index (χ2n) is 4.95. The van der Waals surface area contributed by atoms with Crippen LogP contribution in [0.2, 0.25) is 0 Å². The Hall–Kier alpha value is -0.900. The molecule has 0 amide bonds. The molecule has 100 valence electrons. The number of rotatable bonds is 7. The van der Waals surface area contributed by atoms with Crippen LogP contribution in [0, 0.1) is 0 Å². The fourth-order valence-electron chi connectivity index (χ4n) is 2.35. The van der Waals surface area contributed by atoms with Crippen LogP contribution >= 0.6 is 0 Å². The zero-order valence-corrected chi connectivity index (χ0v) is 10.8. The van der Waals surface area contributed by atoms with E-state index in [4.69, 9.17) is 4.74 Å². The average molecular weight is 249 g/mol. The van der Waals surface area contributed by atoms with Gasteiger partial charge in [-0.25, -0.2) is 0 Å². The maximum absolute atomic E-state index is 9.37. The summed E-state index contributed by atoms with van der Waals surface area (Å²) >= 11 is 0. The van der Waals surface area contributed by atoms with Crippen molar-refractivity contribution < 1.29 is 9.84 Å². The third kappa shape index (κ3) is 4.41. The summed E-state index contributed by atoms with van der Waals surface area (Å²) in [5.74, 6) is 0. The number of ether oxygens (including phenoxy) is 1. The molecular weight excluding hydrogens is 226 g/mol. The van der Waals surface area contributed by atoms with Crippen LogP contribution in [0.3, 0.4) is 0 Å². The molecule has 2 rings (SSSR count). The molecule has 18 heavy (non-hydrogen) atoms. The summed E-state index contributed by atoms with van der Waals surface area (Å²) in [5.41, 5.74) is 1.33. The molecule has 0 aromatic heterocycles. The van der Waals surface area contributed by atoms with Crippen LogP contribution in [-0.2, 0) is 11.2 Å². The molecule has 0 spiro atoms. The first-order valence-corrected chi connectivity index (χ1v) is 6.88. The SMILES string of the molecule is OCC(CCc1ccccc1)NCC1CCCO1. The van der Waals surface area contributed by atoms with Crippen molar-refractivity contribution in [2.75, 3.05) is 19.8 Å². The molecule has 1 saturated heterocycles. The Labute approximate surface area is 109 Å². The van der Waals surface area contributed by atoms with Gasteiger partial charge in [0.25, 0.3) is 0 Å². The van der Waals surface area contributed by atoms with E-state index in [-0.39, 0.29) is 12.6 Å². The van der Waals surface area contributed by atoms with Gasteiger partial charge in [-0.3, -0.25) is 0 Å². The van der Waals surface area contributed by atoms with E-state index in [0.717, 1.165) is 32.4 Å². The molecule has 2 N–H and O–H groups in total. The number of hydrogen-bond donors (Lipinski definition) is 2. The Morgan fingerprint density at radius 3 is 2.83 bits per heavy atom. The smallest absolute Gasteiger partial charge is 0.0700 e. The van der Waals surface area contributed by atoms with E-state index in [9.17, 15) is 5.11 Å². The fourth-order valence-corrected chi connectivity index (χ4v) is 2.35. The number of aliphatic hydroxyl groups is 1. The van der Waals surface area contributed by atoms with Crippen LogP contribution in [0.5, 0.6) is 0 Å². The third-order valence-corrected chi connectivity index (χ3v) is 3.50. The first-order chi connectivity index (χ1) is 8.88. The van der Waals surface area contributed by atoms with Gasteiger partial charge in [0.05, 0.1) is 12.7 Å². The maximum atomic E-state index is 9.37. The van der Waals surface area contributed by atoms with E-state index in [1.807, 2.05) is 6.07 Å². The molecule has 0 aliphatic carbocycles. The van der Waals surface area contributed by atoms with Gasteiger partial charge in [0.15, 0.2) is 0 Å². The topological polar surface area (TPSA) is 41.5 Å². The summed E-state index contributed by atoms with van der Waals surface area (Å²) in [6.07, 6.45) is 4.62. The Balaban J connectivity index is 1.68. The molecule has 2 atom stereocenters. The molecule has 3 heteroatoms. The minimum atomic E-state index is 0.175. The van der Waals surface area contributed by atoms with E-state index >= 15 is 0 Å². The van der Waals surface area contributed by atoms with Gasteiger partial charge in [-0.1, -0.05) is 30.3 Å². The minimum Gasteiger partial charge on any atom is -0.395 e. The van der Waals surface area contributed by atoms with Gasteiger partial charge in [0.2, 0.25) is 0 Å². The van der Waals surface area contributed by atoms with Crippen molar-refractivity contribution in [2.24, 2.45) is 0 Å². The zero-order chi connectivity index (χ0) is 12.6. The number of aryl methyl sites for hydroxylation is 1. The second-order valence-corrected chi connectivity index (χ2v) is 4.95. The summed E-state index contributed by atoms with van der Waals surface area (Å²) in [6, 6.07) is 10.6. The van der Waals surface area contributed by atoms with Gasteiger partial charge in [0, 0.05) is 19.2 Å². The van der Waals surface area contributed by atoms with Crippen LogP contribution in [0.4, 0.5) is 0 Å². The minimum absolute atomic E-state index is 0.175. The van der Waals surface area contributed by atoms with Crippen LogP contribution < -0.4 is 5.32 Å². The van der Waals surface area contributed by atoms with Crippen LogP contribution in [0.25, 0.3) is 0 Å². The highest BCUT2D eigenvalue weighted by Gasteiger charge is 2.16. The molecule has 1 aromatic rings. The van der Waals surface area contributed by atoms with Crippen molar-refractivity contribution >= 4 is 0 Å². The molecule has 3 nitrogen and oxygen atoms in total. The first kappa shape index (κ1) is 13.5. The van der Waals surface area contributed by atoms with E-state index in [0.29, 0.717) is 6.10 Å². The van der Waals surface area contributed by atoms with Gasteiger partial charge < -0.3 is 15.2 Å². The molecule has 1 aliphatic rings. The predicted molar refractivity (Wildman–Crippen MR) is 72.6 cm³/mol. The standard InChI is InChI=1S/C15H23NO2/c17-12-14(16-11-15-7-4-10-18-15)9-8-13-5-2-1-3-6-13/h1-3,5-6,14-17H,4,7-12H2. The number of aliphatic hydroxyl groups excluding tert-OH is 1. The van der Waals surface area contributed by atoms with E-state index in [2.05, 4.69) is 29.6 Å². The van der Waals surface area contributed by atoms with Gasteiger partial charge >= 0.3 is 0 Å². The van der Waals surface area contributed by atoms with Crippen molar-refractivity contribution in [2.45, 2.75) is 37.8 Å². The van der Waals surface area contributed by atoms with Gasteiger partial charge in [-0.05, 0) is 31.2 Å². The van der Waals surface area contributed by atoms with Crippen molar-refractivity contribution in [1.82, 2.24) is 5.32 Å². The summed E-state index contributed by atoms with van der Waals surface area (Å²) in [4.78, 5) is 0. The molecule has 1 heterocycles. The fraction of sp³-hybridized carbons (Fsp3) is 0.600. The van der Waals surface area contributed by atoms with Crippen LogP contribution in [-0.4, -0.2) is 37.0 Å². The Morgan fingerprint density at radius 2 is 2.17 bits per heavy atom. The van der Waals surface area contributed by atoms with Gasteiger partial charge in [-0.2, -0.15) is 0 Å². The lowest BCUT2D eigenvalue weighted by Crippen LogP contribution is -2.38. The lowest BCUT2D eigenvalue weighted by Gasteiger charge is -2.18. The largest absolute Gasteiger partial charge is 0.395 e. The first-order valence-electron chi connectivity index (χ1n) is 6.88. The Morgan fingerprint density at radius 1 is 1.33 bits per heavy atom. The highest BCUT2D eigenvalue weighted by molar-refractivity contribution is 5.14. The summed E-state index contributed by atoms with van der Waals surface area (Å²) in [5, 5.41) is 12.8. The lowest BCUT2D eigenvalue weighted by atomic mass is 10.1. The normalized spacial score (nSPS) is 21.1. The molecule has 1 fully saturated rings. The van der Waals surface area contributed by atoms with Crippen molar-refractivity contribution in [3.8, 4) is 0 Å². The van der Waals surface area contributed by atoms with Crippen molar-refractivity contribution in [3.05, 3.63) is 35.9 Å². The summed E-state index contributed by atoms with van der Waals surface area (Å²) in [6.45, 7) is 1.94. The lowest BCUT2D eigenvalue weighted by molar-refractivity contribution is 0.103. The second kappa shape index (κ2) is 7.52. The van der Waals surface area contributed by atoms with Crippen LogP contribution in [0.1, 0.15) is 24.8 Å². The number of nitrogens with one attached hydrogen (secondary N) is 1. The monoisotopic (exact) mass is 249 g/mol. The maximum Gasteiger partial charge on any atom is 0.0700 e. The molecular formula is C15H23NO2. The van der Waals surface area contributed by atoms with Crippen molar-refractivity contribution in [1.29, 1.82) is 0 Å². The third-order valence-electron chi connectivity index (χ3n) is 3.50. The molecule has 1 aliphatic heterocycles. The number of hydrogen-bond acceptors (Lipinski definition) is 3. The number of benzene rings is 1. The average Bonchev–Trinajstić information content (AvgIpc) is 2.93. The quantitative estimate of drug-likeness (QED) is 0.773. The Bertz CT molecular complexity index is 323. The van der Waals surface area contributed by atoms with E-state index in [1.54, 1.807) is 0 Å². The molecule has 0 saturated carbocycles. The zero-order valence-electron chi connectivity index (χ0n) is 10.8. The summed E-state index contributed by atoms with van der Waals surface area (Å²) in [7, 11) is 0. The molecule has 0 bridgehead atoms. The van der Waals surface area contributed by atoms with E-state index in [1.165, 1.54) is 12.0 Å². The highest BCUT2D eigenvalue weighted by atomic mass is 16.5. The molecule has 2 unspecified atom stereocenters. The summed E-state index contributed by atoms with van der Waals surface area (Å²) < 4.78 is 5.57. The van der Waals surface area contributed by atoms with Gasteiger partial charge in [0.1, 0.15) is 0 Å².